The molecule has 0 aromatic rings. The number of likely N-dealkylation sites (tertiary alicyclic amines) is 1. The summed E-state index contributed by atoms with van der Waals surface area (Å²) in [6.07, 6.45) is 4.62. The Morgan fingerprint density at radius 1 is 1.57 bits per heavy atom. The summed E-state index contributed by atoms with van der Waals surface area (Å²) < 4.78 is 5.56. The highest BCUT2D eigenvalue weighted by Crippen LogP contribution is 2.34. The lowest BCUT2D eigenvalue weighted by atomic mass is 10.1. The Bertz CT molecular complexity index is 244. The number of amides is 1. The first kappa shape index (κ1) is 10.3. The molecule has 3 nitrogen and oxygen atoms in total. The Morgan fingerprint density at radius 3 is 2.71 bits per heavy atom. The van der Waals surface area contributed by atoms with Gasteiger partial charge in [0.2, 0.25) is 5.91 Å². The SMILES string of the molecule is C[C@H]1C2CN(C(=O)C[SH](C)C)C1CO2. The zero-order valence-corrected chi connectivity index (χ0v) is 9.96. The minimum Gasteiger partial charge on any atom is -0.374 e. The number of fused-ring (bicyclic) bond motifs is 2. The third-order valence-corrected chi connectivity index (χ3v) is 4.13. The number of hydrogen-bond acceptors (Lipinski definition) is 2. The predicted molar refractivity (Wildman–Crippen MR) is 60.1 cm³/mol. The van der Waals surface area contributed by atoms with Crippen molar-refractivity contribution < 1.29 is 9.53 Å². The van der Waals surface area contributed by atoms with Crippen molar-refractivity contribution in [1.82, 2.24) is 4.90 Å². The lowest BCUT2D eigenvalue weighted by Crippen LogP contribution is -2.43. The van der Waals surface area contributed by atoms with Gasteiger partial charge in [-0.25, -0.2) is 0 Å². The van der Waals surface area contributed by atoms with Crippen LogP contribution in [0.5, 0.6) is 0 Å². The molecule has 2 bridgehead atoms. The average molecular weight is 217 g/mol. The summed E-state index contributed by atoms with van der Waals surface area (Å²) >= 11 is 0. The molecular formula is C10H19NO2S. The molecule has 0 radical (unpaired) electrons. The number of carbonyl (C=O) groups excluding carboxylic acids is 1. The monoisotopic (exact) mass is 217 g/mol. The minimum atomic E-state index is -0.112. The van der Waals surface area contributed by atoms with E-state index in [1.165, 1.54) is 0 Å². The first-order valence-corrected chi connectivity index (χ1v) is 7.57. The van der Waals surface area contributed by atoms with E-state index in [0.29, 0.717) is 24.0 Å². The molecule has 4 heteroatoms. The Balaban J connectivity index is 1.97. The lowest BCUT2D eigenvalue weighted by molar-refractivity contribution is -0.132. The first-order valence-electron chi connectivity index (χ1n) is 5.15. The van der Waals surface area contributed by atoms with Gasteiger partial charge in [0.25, 0.3) is 0 Å². The summed E-state index contributed by atoms with van der Waals surface area (Å²) in [7, 11) is -0.112. The summed E-state index contributed by atoms with van der Waals surface area (Å²) in [5.41, 5.74) is 0. The largest absolute Gasteiger partial charge is 0.374 e. The van der Waals surface area contributed by atoms with Crippen molar-refractivity contribution in [1.29, 1.82) is 0 Å². The van der Waals surface area contributed by atoms with Crippen LogP contribution >= 0.6 is 10.9 Å². The van der Waals surface area contributed by atoms with Crippen molar-refractivity contribution in [2.75, 3.05) is 31.4 Å². The van der Waals surface area contributed by atoms with Crippen LogP contribution in [-0.4, -0.2) is 54.4 Å². The summed E-state index contributed by atoms with van der Waals surface area (Å²) in [6, 6.07) is 0.363. The van der Waals surface area contributed by atoms with Crippen LogP contribution in [0.2, 0.25) is 0 Å². The van der Waals surface area contributed by atoms with E-state index < -0.39 is 0 Å². The highest BCUT2D eigenvalue weighted by molar-refractivity contribution is 8.16. The standard InChI is InChI=1S/C10H19NO2S/c1-7-8-5-13-9(7)4-11(8)10(12)6-14(2)3/h7-9,14H,4-6H2,1-3H3/t7-,8?,9?/m1/s1. The Labute approximate surface area is 88.1 Å². The van der Waals surface area contributed by atoms with E-state index in [9.17, 15) is 4.79 Å². The quantitative estimate of drug-likeness (QED) is 0.682. The number of rotatable bonds is 2. The highest BCUT2D eigenvalue weighted by atomic mass is 32.2. The van der Waals surface area contributed by atoms with E-state index in [0.717, 1.165) is 18.9 Å². The van der Waals surface area contributed by atoms with Crippen LogP contribution < -0.4 is 0 Å². The molecule has 2 aliphatic rings. The third-order valence-electron chi connectivity index (χ3n) is 3.22. The van der Waals surface area contributed by atoms with Crippen molar-refractivity contribution in [2.45, 2.75) is 19.1 Å². The topological polar surface area (TPSA) is 29.5 Å². The van der Waals surface area contributed by atoms with E-state index in [1.807, 2.05) is 4.90 Å². The number of hydrogen-bond donors (Lipinski definition) is 1. The van der Waals surface area contributed by atoms with Gasteiger partial charge < -0.3 is 9.64 Å². The Kier molecular flexibility index (Phi) is 2.75. The van der Waals surface area contributed by atoms with E-state index in [1.54, 1.807) is 0 Å². The molecule has 1 amide bonds. The first-order chi connectivity index (χ1) is 6.59. The summed E-state index contributed by atoms with van der Waals surface area (Å²) in [4.78, 5) is 13.9. The van der Waals surface area contributed by atoms with E-state index in [-0.39, 0.29) is 10.9 Å². The lowest BCUT2D eigenvalue weighted by Gasteiger charge is -2.28. The van der Waals surface area contributed by atoms with Crippen molar-refractivity contribution >= 4 is 16.8 Å². The van der Waals surface area contributed by atoms with E-state index in [2.05, 4.69) is 19.4 Å². The fourth-order valence-electron chi connectivity index (χ4n) is 2.34. The molecule has 82 valence electrons. The molecule has 3 atom stereocenters. The van der Waals surface area contributed by atoms with Crippen LogP contribution in [0, 0.1) is 5.92 Å². The van der Waals surface area contributed by atoms with Crippen molar-refractivity contribution in [3.8, 4) is 0 Å². The summed E-state index contributed by atoms with van der Waals surface area (Å²) in [5.74, 6) is 1.62. The molecule has 14 heavy (non-hydrogen) atoms. The molecule has 0 N–H and O–H groups in total. The van der Waals surface area contributed by atoms with Gasteiger partial charge in [0, 0.05) is 12.5 Å². The van der Waals surface area contributed by atoms with E-state index in [4.69, 9.17) is 4.74 Å². The maximum absolute atomic E-state index is 11.9. The van der Waals surface area contributed by atoms with Crippen LogP contribution in [0.15, 0.2) is 0 Å². The number of nitrogens with zero attached hydrogens (tertiary/aromatic N) is 1. The molecule has 0 saturated carbocycles. The summed E-state index contributed by atoms with van der Waals surface area (Å²) in [5, 5.41) is 0. The van der Waals surface area contributed by atoms with Crippen molar-refractivity contribution in [2.24, 2.45) is 5.92 Å². The second-order valence-corrected chi connectivity index (χ2v) is 7.06. The molecule has 2 aliphatic heterocycles. The van der Waals surface area contributed by atoms with Crippen molar-refractivity contribution in [3.63, 3.8) is 0 Å². The van der Waals surface area contributed by atoms with Gasteiger partial charge in [-0.05, 0) is 12.5 Å². The van der Waals surface area contributed by atoms with Gasteiger partial charge >= 0.3 is 0 Å². The molecular weight excluding hydrogens is 198 g/mol. The van der Waals surface area contributed by atoms with Gasteiger partial charge in [-0.3, -0.25) is 15.7 Å². The van der Waals surface area contributed by atoms with Gasteiger partial charge in [0.15, 0.2) is 0 Å². The third kappa shape index (κ3) is 1.65. The second kappa shape index (κ2) is 3.74. The van der Waals surface area contributed by atoms with Gasteiger partial charge in [-0.1, -0.05) is 6.92 Å². The smallest absolute Gasteiger partial charge is 0.231 e. The fraction of sp³-hybridized carbons (Fsp3) is 0.900. The number of ether oxygens (including phenoxy) is 1. The Hall–Kier alpha value is -0.220. The predicted octanol–water partition coefficient (Wildman–Crippen LogP) is 0.493. The van der Waals surface area contributed by atoms with Gasteiger partial charge in [0.05, 0.1) is 24.5 Å². The molecule has 0 aromatic carbocycles. The zero-order chi connectivity index (χ0) is 10.3. The molecule has 2 fully saturated rings. The normalized spacial score (nSPS) is 36.4. The number of thiol groups is 1. The van der Waals surface area contributed by atoms with Crippen LogP contribution in [0.25, 0.3) is 0 Å². The molecule has 2 saturated heterocycles. The van der Waals surface area contributed by atoms with Gasteiger partial charge in [-0.15, -0.1) is 0 Å². The Morgan fingerprint density at radius 2 is 2.29 bits per heavy atom. The minimum absolute atomic E-state index is 0.112. The molecule has 2 unspecified atom stereocenters. The average Bonchev–Trinajstić information content (AvgIpc) is 2.60. The zero-order valence-electron chi connectivity index (χ0n) is 9.06. The van der Waals surface area contributed by atoms with Crippen molar-refractivity contribution in [3.05, 3.63) is 0 Å². The fourth-order valence-corrected chi connectivity index (χ4v) is 3.07. The van der Waals surface area contributed by atoms with Crippen LogP contribution in [0.3, 0.4) is 0 Å². The van der Waals surface area contributed by atoms with Gasteiger partial charge in [-0.2, -0.15) is 0 Å². The van der Waals surface area contributed by atoms with E-state index >= 15 is 0 Å². The highest BCUT2D eigenvalue weighted by Gasteiger charge is 2.47. The summed E-state index contributed by atoms with van der Waals surface area (Å²) in [6.45, 7) is 3.77. The molecule has 0 aliphatic carbocycles. The second-order valence-electron chi connectivity index (χ2n) is 4.58. The molecule has 2 rings (SSSR count). The number of carbonyl (C=O) groups is 1. The molecule has 0 spiro atoms. The van der Waals surface area contributed by atoms with Crippen LogP contribution in [-0.2, 0) is 9.53 Å². The van der Waals surface area contributed by atoms with Gasteiger partial charge in [0.1, 0.15) is 0 Å². The number of morpholine rings is 1. The molecule has 0 aromatic heterocycles. The maximum Gasteiger partial charge on any atom is 0.231 e. The maximum atomic E-state index is 11.9. The van der Waals surface area contributed by atoms with Crippen LogP contribution in [0.1, 0.15) is 6.92 Å². The molecule has 2 heterocycles. The van der Waals surface area contributed by atoms with Crippen LogP contribution in [0.4, 0.5) is 0 Å².